The number of aromatic nitrogens is 1. The number of methoxy groups -OCH3 is 2. The number of benzene rings is 3. The molecule has 0 fully saturated rings. The van der Waals surface area contributed by atoms with E-state index in [1.807, 2.05) is 42.6 Å². The van der Waals surface area contributed by atoms with Gasteiger partial charge in [0.15, 0.2) is 0 Å². The predicted octanol–water partition coefficient (Wildman–Crippen LogP) is 4.01. The number of amides is 2. The van der Waals surface area contributed by atoms with Gasteiger partial charge >= 0.3 is 5.97 Å². The van der Waals surface area contributed by atoms with Crippen molar-refractivity contribution in [2.45, 2.75) is 38.6 Å². The van der Waals surface area contributed by atoms with Gasteiger partial charge in [-0.25, -0.2) is 9.78 Å². The standard InChI is InChI=1S/C34H38N4O6S/c1-22-21-45-31(36-22)20-38(2)33(41)26-12-8-11-25(16-26)32(40)37-29(15-23-9-6-5-7-10-23)30(39)19-35-18-24-13-27(34(42)44-4)17-28(14-24)43-3/h5-14,16-17,21,29-30,35,39H,15,18-20H2,1-4H3,(H,37,40). The smallest absolute Gasteiger partial charge is 0.337 e. The first-order valence-corrected chi connectivity index (χ1v) is 15.3. The van der Waals surface area contributed by atoms with Crippen LogP contribution in [0.4, 0.5) is 0 Å². The first-order chi connectivity index (χ1) is 21.7. The number of aliphatic hydroxyl groups is 1. The van der Waals surface area contributed by atoms with Crippen LogP contribution in [0.5, 0.6) is 5.75 Å². The van der Waals surface area contributed by atoms with Crippen molar-refractivity contribution in [3.05, 3.63) is 117 Å². The third-order valence-electron chi connectivity index (χ3n) is 7.14. The summed E-state index contributed by atoms with van der Waals surface area (Å²) in [7, 11) is 4.53. The van der Waals surface area contributed by atoms with E-state index in [0.29, 0.717) is 42.0 Å². The molecule has 0 spiro atoms. The van der Waals surface area contributed by atoms with E-state index >= 15 is 0 Å². The van der Waals surface area contributed by atoms with Crippen LogP contribution in [0, 0.1) is 6.92 Å². The maximum atomic E-state index is 13.5. The molecular formula is C34H38N4O6S. The van der Waals surface area contributed by atoms with Crippen LogP contribution in [-0.2, 0) is 24.2 Å². The summed E-state index contributed by atoms with van der Waals surface area (Å²) >= 11 is 1.49. The van der Waals surface area contributed by atoms with Gasteiger partial charge in [-0.2, -0.15) is 0 Å². The largest absolute Gasteiger partial charge is 0.497 e. The van der Waals surface area contributed by atoms with Gasteiger partial charge in [0.2, 0.25) is 0 Å². The molecule has 0 saturated carbocycles. The van der Waals surface area contributed by atoms with E-state index in [1.165, 1.54) is 25.6 Å². The molecule has 236 valence electrons. The molecule has 0 aliphatic rings. The van der Waals surface area contributed by atoms with Crippen molar-refractivity contribution in [2.24, 2.45) is 0 Å². The monoisotopic (exact) mass is 630 g/mol. The number of aryl methyl sites for hydroxylation is 1. The number of ether oxygens (including phenoxy) is 2. The Hall–Kier alpha value is -4.58. The highest BCUT2D eigenvalue weighted by Crippen LogP contribution is 2.18. The molecule has 45 heavy (non-hydrogen) atoms. The average molecular weight is 631 g/mol. The predicted molar refractivity (Wildman–Crippen MR) is 173 cm³/mol. The molecule has 2 unspecified atom stereocenters. The molecule has 0 bridgehead atoms. The van der Waals surface area contributed by atoms with Gasteiger partial charge in [-0.15, -0.1) is 11.3 Å². The molecule has 3 N–H and O–H groups in total. The van der Waals surface area contributed by atoms with Gasteiger partial charge in [0.25, 0.3) is 11.8 Å². The Bertz CT molecular complexity index is 1610. The lowest BCUT2D eigenvalue weighted by atomic mass is 10.00. The van der Waals surface area contributed by atoms with Crippen LogP contribution >= 0.6 is 11.3 Å². The quantitative estimate of drug-likeness (QED) is 0.178. The van der Waals surface area contributed by atoms with Gasteiger partial charge in [0.1, 0.15) is 10.8 Å². The maximum Gasteiger partial charge on any atom is 0.337 e. The van der Waals surface area contributed by atoms with Gasteiger partial charge < -0.3 is 30.1 Å². The number of hydrogen-bond acceptors (Lipinski definition) is 9. The molecule has 3 aromatic carbocycles. The van der Waals surface area contributed by atoms with E-state index in [1.54, 1.807) is 54.4 Å². The third kappa shape index (κ3) is 9.45. The first-order valence-electron chi connectivity index (χ1n) is 14.4. The molecule has 0 saturated heterocycles. The summed E-state index contributed by atoms with van der Waals surface area (Å²) in [4.78, 5) is 44.6. The van der Waals surface area contributed by atoms with Crippen molar-refractivity contribution in [1.29, 1.82) is 0 Å². The molecule has 4 aromatic rings. The molecule has 10 nitrogen and oxygen atoms in total. The maximum absolute atomic E-state index is 13.5. The Morgan fingerprint density at radius 3 is 2.40 bits per heavy atom. The zero-order chi connectivity index (χ0) is 32.3. The van der Waals surface area contributed by atoms with Crippen molar-refractivity contribution in [3.63, 3.8) is 0 Å². The molecule has 11 heteroatoms. The van der Waals surface area contributed by atoms with Crippen LogP contribution in [0.2, 0.25) is 0 Å². The summed E-state index contributed by atoms with van der Waals surface area (Å²) < 4.78 is 10.1. The number of esters is 1. The summed E-state index contributed by atoms with van der Waals surface area (Å²) in [5.74, 6) is -0.601. The van der Waals surface area contributed by atoms with Gasteiger partial charge in [-0.05, 0) is 60.9 Å². The number of nitrogens with one attached hydrogen (secondary N) is 2. The van der Waals surface area contributed by atoms with Crippen molar-refractivity contribution >= 4 is 29.1 Å². The van der Waals surface area contributed by atoms with Crippen molar-refractivity contribution in [3.8, 4) is 5.75 Å². The molecule has 0 aliphatic heterocycles. The van der Waals surface area contributed by atoms with Crippen LogP contribution in [0.15, 0.2) is 78.2 Å². The lowest BCUT2D eigenvalue weighted by Crippen LogP contribution is -2.48. The minimum Gasteiger partial charge on any atom is -0.497 e. The van der Waals surface area contributed by atoms with E-state index in [9.17, 15) is 19.5 Å². The zero-order valence-electron chi connectivity index (χ0n) is 25.8. The van der Waals surface area contributed by atoms with Crippen LogP contribution < -0.4 is 15.4 Å². The second kappa shape index (κ2) is 15.9. The van der Waals surface area contributed by atoms with Gasteiger partial charge in [-0.3, -0.25) is 9.59 Å². The molecule has 2 amide bonds. The van der Waals surface area contributed by atoms with Gasteiger partial charge in [0.05, 0.1) is 38.5 Å². The Morgan fingerprint density at radius 2 is 1.71 bits per heavy atom. The fourth-order valence-electron chi connectivity index (χ4n) is 4.79. The third-order valence-corrected chi connectivity index (χ3v) is 8.09. The fourth-order valence-corrected chi connectivity index (χ4v) is 5.61. The zero-order valence-corrected chi connectivity index (χ0v) is 26.6. The van der Waals surface area contributed by atoms with E-state index in [4.69, 9.17) is 9.47 Å². The Morgan fingerprint density at radius 1 is 0.956 bits per heavy atom. The number of carbonyl (C=O) groups excluding carboxylic acids is 3. The van der Waals surface area contributed by atoms with Crippen LogP contribution in [-0.4, -0.2) is 72.7 Å². The average Bonchev–Trinajstić information content (AvgIpc) is 3.47. The molecule has 1 heterocycles. The fraction of sp³-hybridized carbons (Fsp3) is 0.294. The number of aliphatic hydroxyl groups excluding tert-OH is 1. The first kappa shape index (κ1) is 33.3. The summed E-state index contributed by atoms with van der Waals surface area (Å²) in [5.41, 5.74) is 3.66. The Labute approximate surface area is 267 Å². The van der Waals surface area contributed by atoms with Crippen LogP contribution in [0.3, 0.4) is 0 Å². The number of nitrogens with zero attached hydrogens (tertiary/aromatic N) is 2. The van der Waals surface area contributed by atoms with Gasteiger partial charge in [0, 0.05) is 42.3 Å². The minimum absolute atomic E-state index is 0.155. The number of rotatable bonds is 14. The normalized spacial score (nSPS) is 12.2. The van der Waals surface area contributed by atoms with Crippen molar-refractivity contribution in [2.75, 3.05) is 27.8 Å². The Balaban J connectivity index is 1.44. The van der Waals surface area contributed by atoms with E-state index in [0.717, 1.165) is 21.8 Å². The lowest BCUT2D eigenvalue weighted by molar-refractivity contribution is 0.0599. The molecule has 0 radical (unpaired) electrons. The molecular weight excluding hydrogens is 592 g/mol. The van der Waals surface area contributed by atoms with Crippen LogP contribution in [0.25, 0.3) is 0 Å². The molecule has 2 atom stereocenters. The topological polar surface area (TPSA) is 130 Å². The van der Waals surface area contributed by atoms with E-state index in [2.05, 4.69) is 15.6 Å². The van der Waals surface area contributed by atoms with Gasteiger partial charge in [-0.1, -0.05) is 36.4 Å². The molecule has 1 aromatic heterocycles. The molecule has 0 aliphatic carbocycles. The van der Waals surface area contributed by atoms with Crippen molar-refractivity contribution in [1.82, 2.24) is 20.5 Å². The SMILES string of the molecule is COC(=O)c1cc(CNCC(O)C(Cc2ccccc2)NC(=O)c2cccc(C(=O)N(C)Cc3nc(C)cs3)c2)cc(OC)c1. The minimum atomic E-state index is -0.961. The van der Waals surface area contributed by atoms with E-state index < -0.39 is 24.0 Å². The summed E-state index contributed by atoms with van der Waals surface area (Å²) in [6.45, 7) is 2.77. The highest BCUT2D eigenvalue weighted by molar-refractivity contribution is 7.09. The number of thiazole rings is 1. The highest BCUT2D eigenvalue weighted by Gasteiger charge is 2.23. The van der Waals surface area contributed by atoms with Crippen molar-refractivity contribution < 1.29 is 29.0 Å². The highest BCUT2D eigenvalue weighted by atomic mass is 32.1. The number of hydrogen-bond donors (Lipinski definition) is 3. The second-order valence-electron chi connectivity index (χ2n) is 10.7. The molecule has 4 rings (SSSR count). The summed E-state index contributed by atoms with van der Waals surface area (Å²) in [6.07, 6.45) is -0.576. The Kier molecular flexibility index (Phi) is 11.8. The summed E-state index contributed by atoms with van der Waals surface area (Å²) in [5, 5.41) is 20.2. The summed E-state index contributed by atoms with van der Waals surface area (Å²) in [6, 6.07) is 20.6. The number of carbonyl (C=O) groups is 3. The second-order valence-corrected chi connectivity index (χ2v) is 11.6. The van der Waals surface area contributed by atoms with Crippen LogP contribution in [0.1, 0.15) is 52.9 Å². The van der Waals surface area contributed by atoms with E-state index in [-0.39, 0.29) is 12.5 Å². The lowest BCUT2D eigenvalue weighted by Gasteiger charge is -2.25.